The van der Waals surface area contributed by atoms with E-state index in [1.807, 2.05) is 32.0 Å². The van der Waals surface area contributed by atoms with Crippen LogP contribution in [0.15, 0.2) is 60.7 Å². The first kappa shape index (κ1) is 25.8. The molecule has 3 aliphatic rings. The number of rotatable bonds is 7. The highest BCUT2D eigenvalue weighted by atomic mass is 31.2. The fourth-order valence-corrected chi connectivity index (χ4v) is 7.53. The predicted molar refractivity (Wildman–Crippen MR) is 145 cm³/mol. The number of phosphoric ester groups is 1. The van der Waals surface area contributed by atoms with Crippen LogP contribution in [-0.2, 0) is 48.8 Å². The second-order valence-corrected chi connectivity index (χ2v) is 12.6. The third-order valence-electron chi connectivity index (χ3n) is 7.81. The van der Waals surface area contributed by atoms with Crippen molar-refractivity contribution in [3.8, 4) is 5.75 Å². The molecular weight excluding hydrogens is 499 g/mol. The summed E-state index contributed by atoms with van der Waals surface area (Å²) in [5.74, 6) is -0.268. The zero-order chi connectivity index (χ0) is 26.5. The SMILES string of the molecule is Cc1cccc2c1CC(OP(=O)(Oc1ccccc1C1COC(C)(C)O1)OC1Cc3cccc(C)c3C1)C2. The second-order valence-electron chi connectivity index (χ2n) is 11.1. The van der Waals surface area contributed by atoms with E-state index in [0.717, 1.165) is 5.56 Å². The molecular formula is C31H35O6P. The average Bonchev–Trinajstić information content (AvgIpc) is 3.56. The van der Waals surface area contributed by atoms with Gasteiger partial charge >= 0.3 is 7.82 Å². The van der Waals surface area contributed by atoms with Crippen molar-refractivity contribution in [3.63, 3.8) is 0 Å². The first-order valence-corrected chi connectivity index (χ1v) is 14.9. The van der Waals surface area contributed by atoms with Crippen molar-refractivity contribution in [1.29, 1.82) is 0 Å². The molecule has 7 heteroatoms. The van der Waals surface area contributed by atoms with Crippen LogP contribution in [0.1, 0.15) is 58.9 Å². The maximum absolute atomic E-state index is 14.5. The fourth-order valence-electron chi connectivity index (χ4n) is 5.96. The lowest BCUT2D eigenvalue weighted by molar-refractivity contribution is -0.139. The van der Waals surface area contributed by atoms with Gasteiger partial charge in [0, 0.05) is 18.4 Å². The first-order chi connectivity index (χ1) is 18.2. The molecule has 1 fully saturated rings. The van der Waals surface area contributed by atoms with Crippen LogP contribution in [0.4, 0.5) is 0 Å². The summed E-state index contributed by atoms with van der Waals surface area (Å²) in [5.41, 5.74) is 8.17. The monoisotopic (exact) mass is 534 g/mol. The zero-order valence-electron chi connectivity index (χ0n) is 22.4. The van der Waals surface area contributed by atoms with Crippen LogP contribution >= 0.6 is 7.82 Å². The van der Waals surface area contributed by atoms with Crippen molar-refractivity contribution in [2.45, 2.75) is 77.5 Å². The number of hydrogen-bond acceptors (Lipinski definition) is 6. The molecule has 0 radical (unpaired) electrons. The number of ether oxygens (including phenoxy) is 2. The molecule has 2 aliphatic carbocycles. The number of phosphoric acid groups is 1. The van der Waals surface area contributed by atoms with Gasteiger partial charge in [0.15, 0.2) is 5.79 Å². The summed E-state index contributed by atoms with van der Waals surface area (Å²) in [6.45, 7) is 8.36. The minimum absolute atomic E-state index is 0.292. The first-order valence-electron chi connectivity index (χ1n) is 13.4. The molecule has 3 aromatic carbocycles. The van der Waals surface area contributed by atoms with Gasteiger partial charge in [-0.2, -0.15) is 0 Å². The molecule has 3 aromatic rings. The lowest BCUT2D eigenvalue weighted by atomic mass is 10.1. The van der Waals surface area contributed by atoms with E-state index in [0.29, 0.717) is 38.0 Å². The van der Waals surface area contributed by atoms with Crippen LogP contribution < -0.4 is 4.52 Å². The van der Waals surface area contributed by atoms with E-state index >= 15 is 0 Å². The zero-order valence-corrected chi connectivity index (χ0v) is 23.3. The number of fused-ring (bicyclic) bond motifs is 2. The molecule has 0 aromatic heterocycles. The molecule has 0 amide bonds. The molecule has 0 N–H and O–H groups in total. The van der Waals surface area contributed by atoms with Gasteiger partial charge in [-0.25, -0.2) is 4.57 Å². The van der Waals surface area contributed by atoms with Gasteiger partial charge in [0.25, 0.3) is 0 Å². The number of para-hydroxylation sites is 1. The third kappa shape index (κ3) is 5.21. The topological polar surface area (TPSA) is 63.2 Å². The predicted octanol–water partition coefficient (Wildman–Crippen LogP) is 6.98. The van der Waals surface area contributed by atoms with Crippen LogP contribution in [0.25, 0.3) is 0 Å². The van der Waals surface area contributed by atoms with Gasteiger partial charge in [-0.1, -0.05) is 54.6 Å². The highest BCUT2D eigenvalue weighted by molar-refractivity contribution is 7.49. The van der Waals surface area contributed by atoms with Gasteiger partial charge in [0.2, 0.25) is 0 Å². The standard InChI is InChI=1S/C31H35O6P/c1-20-9-7-11-22-15-24(17-27(20)22)35-38(32,36-25-16-23-12-8-10-21(2)28(23)18-25)37-29-14-6-5-13-26(29)30-19-33-31(3,4)34-30/h5-14,24-25,30H,15-19H2,1-4H3. The third-order valence-corrected chi connectivity index (χ3v) is 9.35. The van der Waals surface area contributed by atoms with Crippen molar-refractivity contribution in [2.75, 3.05) is 6.61 Å². The lowest BCUT2D eigenvalue weighted by Crippen LogP contribution is -2.21. The van der Waals surface area contributed by atoms with Crippen LogP contribution in [-0.4, -0.2) is 24.6 Å². The number of benzene rings is 3. The van der Waals surface area contributed by atoms with Crippen LogP contribution in [0.5, 0.6) is 5.75 Å². The van der Waals surface area contributed by atoms with E-state index in [9.17, 15) is 4.57 Å². The summed E-state index contributed by atoms with van der Waals surface area (Å²) >= 11 is 0. The Morgan fingerprint density at radius 3 is 1.89 bits per heavy atom. The molecule has 3 unspecified atom stereocenters. The summed E-state index contributed by atoms with van der Waals surface area (Å²) < 4.78 is 45.3. The van der Waals surface area contributed by atoms with Crippen molar-refractivity contribution >= 4 is 7.82 Å². The smallest absolute Gasteiger partial charge is 0.404 e. The minimum Gasteiger partial charge on any atom is -0.404 e. The summed E-state index contributed by atoms with van der Waals surface area (Å²) in [4.78, 5) is 0. The van der Waals surface area contributed by atoms with Crippen LogP contribution in [0.3, 0.4) is 0 Å². The Morgan fingerprint density at radius 2 is 1.37 bits per heavy atom. The normalized spacial score (nSPS) is 25.1. The Kier molecular flexibility index (Phi) is 6.74. The highest BCUT2D eigenvalue weighted by Gasteiger charge is 2.42. The van der Waals surface area contributed by atoms with E-state index in [1.54, 1.807) is 6.07 Å². The maximum Gasteiger partial charge on any atom is 0.530 e. The Morgan fingerprint density at radius 1 is 0.789 bits per heavy atom. The van der Waals surface area contributed by atoms with E-state index in [1.165, 1.54) is 33.4 Å². The average molecular weight is 535 g/mol. The molecule has 0 spiro atoms. The molecule has 1 saturated heterocycles. The highest BCUT2D eigenvalue weighted by Crippen LogP contribution is 2.55. The van der Waals surface area contributed by atoms with Crippen molar-refractivity contribution in [2.24, 2.45) is 0 Å². The Balaban J connectivity index is 1.28. The molecule has 1 heterocycles. The van der Waals surface area contributed by atoms with Gasteiger partial charge in [-0.05, 0) is 80.0 Å². The van der Waals surface area contributed by atoms with Gasteiger partial charge in [-0.3, -0.25) is 9.05 Å². The molecule has 0 bridgehead atoms. The molecule has 3 atom stereocenters. The minimum atomic E-state index is -4.02. The Hall–Kier alpha value is -2.47. The molecule has 38 heavy (non-hydrogen) atoms. The number of aryl methyl sites for hydroxylation is 2. The quantitative estimate of drug-likeness (QED) is 0.305. The molecule has 1 aliphatic heterocycles. The molecule has 6 nitrogen and oxygen atoms in total. The van der Waals surface area contributed by atoms with Crippen LogP contribution in [0, 0.1) is 13.8 Å². The van der Waals surface area contributed by atoms with Gasteiger partial charge in [-0.15, -0.1) is 0 Å². The molecule has 6 rings (SSSR count). The molecule has 200 valence electrons. The van der Waals surface area contributed by atoms with Gasteiger partial charge in [0.05, 0.1) is 18.8 Å². The van der Waals surface area contributed by atoms with Crippen molar-refractivity contribution in [1.82, 2.24) is 0 Å². The van der Waals surface area contributed by atoms with E-state index in [-0.39, 0.29) is 18.3 Å². The summed E-state index contributed by atoms with van der Waals surface area (Å²) in [7, 11) is -4.02. The second kappa shape index (κ2) is 9.93. The fraction of sp³-hybridized carbons (Fsp3) is 0.419. The number of hydrogen-bond donors (Lipinski definition) is 0. The van der Waals surface area contributed by atoms with Crippen molar-refractivity contribution < 1.29 is 27.6 Å². The molecule has 0 saturated carbocycles. The summed E-state index contributed by atoms with van der Waals surface area (Å²) in [6, 6.07) is 20.0. The van der Waals surface area contributed by atoms with Crippen LogP contribution in [0.2, 0.25) is 0 Å². The lowest BCUT2D eigenvalue weighted by Gasteiger charge is -2.26. The van der Waals surface area contributed by atoms with Gasteiger partial charge < -0.3 is 14.0 Å². The van der Waals surface area contributed by atoms with E-state index in [4.69, 9.17) is 23.0 Å². The summed E-state index contributed by atoms with van der Waals surface area (Å²) in [6.07, 6.45) is 1.78. The largest absolute Gasteiger partial charge is 0.530 e. The van der Waals surface area contributed by atoms with E-state index < -0.39 is 13.6 Å². The van der Waals surface area contributed by atoms with Crippen molar-refractivity contribution in [3.05, 3.63) is 99.6 Å². The summed E-state index contributed by atoms with van der Waals surface area (Å²) in [5, 5.41) is 0. The van der Waals surface area contributed by atoms with E-state index in [2.05, 4.69) is 50.2 Å². The van der Waals surface area contributed by atoms with Gasteiger partial charge in [0.1, 0.15) is 11.9 Å². The Bertz CT molecular complexity index is 1330. The Labute approximate surface area is 224 Å². The maximum atomic E-state index is 14.5.